The van der Waals surface area contributed by atoms with Crippen LogP contribution in [0.15, 0.2) is 12.1 Å². The van der Waals surface area contributed by atoms with Crippen molar-refractivity contribution in [3.05, 3.63) is 28.8 Å². The highest BCUT2D eigenvalue weighted by molar-refractivity contribution is 8.11. The molecule has 0 spiro atoms. The first-order valence-corrected chi connectivity index (χ1v) is 38.3. The third kappa shape index (κ3) is 5.64. The minimum atomic E-state index is -2.24. The summed E-state index contributed by atoms with van der Waals surface area (Å²) >= 11 is 0. The Morgan fingerprint density at radius 3 is 1.93 bits per heavy atom. The van der Waals surface area contributed by atoms with E-state index < -0.39 is 28.4 Å². The van der Waals surface area contributed by atoms with Gasteiger partial charge in [0.25, 0.3) is 0 Å². The number of hydrogen-bond acceptors (Lipinski definition) is 4. The summed E-state index contributed by atoms with van der Waals surface area (Å²) < 4.78 is 23.8. The van der Waals surface area contributed by atoms with Gasteiger partial charge in [-0.2, -0.15) is 0 Å². The van der Waals surface area contributed by atoms with Crippen LogP contribution in [0.25, 0.3) is 0 Å². The molecule has 0 aliphatic rings. The summed E-state index contributed by atoms with van der Waals surface area (Å²) in [5.74, 6) is 0.933. The van der Waals surface area contributed by atoms with Crippen LogP contribution in [0.4, 0.5) is 0 Å². The van der Waals surface area contributed by atoms with Crippen molar-refractivity contribution in [3.63, 3.8) is 0 Å². The van der Waals surface area contributed by atoms with Crippen LogP contribution >= 0.6 is 0 Å². The van der Waals surface area contributed by atoms with Gasteiger partial charge in [0, 0.05) is 25.7 Å². The standard InChI is InChI=1S/C17H34O4Si9/c1-7-19-27(20-8-2)28(30(24,25)26,29(22,23)21-9-3)11-10-16-13-17(18-6)15(5)12-14(16)4/h1-3,12-13,27H,10-11H2,4-6,22-26H3. The van der Waals surface area contributed by atoms with Crippen molar-refractivity contribution >= 4 is 77.2 Å². The maximum absolute atomic E-state index is 6.24. The molecule has 13 heteroatoms. The van der Waals surface area contributed by atoms with Crippen molar-refractivity contribution in [2.45, 2.75) is 26.3 Å². The Morgan fingerprint density at radius 1 is 0.933 bits per heavy atom. The molecule has 0 saturated carbocycles. The first kappa shape index (κ1) is 27.1. The molecule has 4 nitrogen and oxygen atoms in total. The number of hydrogen-bond donors (Lipinski definition) is 0. The van der Waals surface area contributed by atoms with E-state index in [1.165, 1.54) is 40.4 Å². The van der Waals surface area contributed by atoms with Gasteiger partial charge in [-0.15, -0.1) is 0 Å². The van der Waals surface area contributed by atoms with Crippen LogP contribution in [0.1, 0.15) is 16.7 Å². The van der Waals surface area contributed by atoms with Crippen LogP contribution in [0.5, 0.6) is 5.75 Å². The zero-order chi connectivity index (χ0) is 23.2. The fraction of sp³-hybridized carbons (Fsp3) is 0.294. The lowest BCUT2D eigenvalue weighted by Gasteiger charge is -2.50. The number of benzene rings is 1. The van der Waals surface area contributed by atoms with Gasteiger partial charge in [0.2, 0.25) is 6.87 Å². The molecule has 0 amide bonds. The molecule has 0 saturated heterocycles. The first-order valence-electron chi connectivity index (χ1n) is 9.92. The number of ether oxygens (including phenoxy) is 1. The van der Waals surface area contributed by atoms with Gasteiger partial charge in [-0.25, -0.2) is 0 Å². The van der Waals surface area contributed by atoms with E-state index in [2.05, 4.69) is 44.3 Å². The number of aryl methyl sites for hydroxylation is 3. The lowest BCUT2D eigenvalue weighted by molar-refractivity contribution is 0.400. The van der Waals surface area contributed by atoms with Gasteiger partial charge in [0.15, 0.2) is 6.63 Å². The van der Waals surface area contributed by atoms with E-state index in [0.717, 1.165) is 43.3 Å². The second kappa shape index (κ2) is 11.1. The molecule has 162 valence electrons. The predicted octanol–water partition coefficient (Wildman–Crippen LogP) is -4.71. The van der Waals surface area contributed by atoms with Crippen LogP contribution in [-0.2, 0) is 19.7 Å². The Morgan fingerprint density at radius 2 is 1.50 bits per heavy atom. The second-order valence-electron chi connectivity index (χ2n) is 9.00. The highest BCUT2D eigenvalue weighted by atomic mass is 30.4. The fourth-order valence-electron chi connectivity index (χ4n) is 4.62. The second-order valence-corrected chi connectivity index (χ2v) is 116. The fourth-order valence-corrected chi connectivity index (χ4v) is 274. The smallest absolute Gasteiger partial charge is 0.432 e. The number of rotatable bonds is 10. The normalized spacial score (nSPS) is 17.1. The molecule has 0 fully saturated rings. The molecule has 1 aromatic carbocycles. The minimum absolute atomic E-state index is 0.933. The molecule has 1 aromatic rings. The maximum Gasteiger partial charge on any atom is 0.432 e. The van der Waals surface area contributed by atoms with E-state index in [9.17, 15) is 0 Å². The van der Waals surface area contributed by atoms with E-state index in [4.69, 9.17) is 37.3 Å². The molecule has 1 unspecified atom stereocenters. The molecule has 1 rings (SSSR count). The Kier molecular flexibility index (Phi) is 10.0. The van der Waals surface area contributed by atoms with Gasteiger partial charge in [-0.05, 0) is 72.3 Å². The molecular formula is C17H34O4Si9. The SMILES string of the molecule is C#CO[SiH](OC#C)[Si](CCc1cc(OC)c(C)cc1C)([Si]([SiH3])([SiH3])[SiH3])[Si]([SiH3])([SiH3])OC#C. The summed E-state index contributed by atoms with van der Waals surface area (Å²) in [6.45, 7) is 0.157. The Bertz CT molecular complexity index is 863. The lowest BCUT2D eigenvalue weighted by Crippen LogP contribution is -2.88. The van der Waals surface area contributed by atoms with Crippen molar-refractivity contribution in [1.29, 1.82) is 0 Å². The summed E-state index contributed by atoms with van der Waals surface area (Å²) in [7, 11) is 5.14. The van der Waals surface area contributed by atoms with E-state index in [0.29, 0.717) is 0 Å². The largest absolute Gasteiger partial charge is 0.514 e. The van der Waals surface area contributed by atoms with E-state index >= 15 is 0 Å². The van der Waals surface area contributed by atoms with E-state index in [-0.39, 0.29) is 0 Å². The summed E-state index contributed by atoms with van der Waals surface area (Å²) in [6.07, 6.45) is 24.0. The maximum atomic E-state index is 6.24. The molecule has 1 atom stereocenters. The third-order valence-electron chi connectivity index (χ3n) is 6.12. The predicted molar refractivity (Wildman–Crippen MR) is 155 cm³/mol. The summed E-state index contributed by atoms with van der Waals surface area (Å²) in [6, 6.07) is 5.48. The minimum Gasteiger partial charge on any atom is -0.514 e. The van der Waals surface area contributed by atoms with Crippen LogP contribution in [0.3, 0.4) is 0 Å². The Hall–Kier alpha value is -0.948. The van der Waals surface area contributed by atoms with Crippen molar-refractivity contribution in [3.8, 4) is 43.3 Å². The zero-order valence-electron chi connectivity index (χ0n) is 19.5. The quantitative estimate of drug-likeness (QED) is 0.215. The number of terminal acetylenes is 3. The van der Waals surface area contributed by atoms with E-state index in [1.54, 1.807) is 7.11 Å². The molecule has 0 aromatic heterocycles. The van der Waals surface area contributed by atoms with Crippen molar-refractivity contribution in [2.75, 3.05) is 7.11 Å². The highest BCUT2D eigenvalue weighted by Gasteiger charge is 2.67. The van der Waals surface area contributed by atoms with Crippen LogP contribution < -0.4 is 4.74 Å². The highest BCUT2D eigenvalue weighted by Crippen LogP contribution is 2.32. The average Bonchev–Trinajstić information content (AvgIpc) is 2.62. The number of methoxy groups -OCH3 is 1. The summed E-state index contributed by atoms with van der Waals surface area (Å²) in [4.78, 5) is 0. The molecular weight excluding hydrogens is 521 g/mol. The van der Waals surface area contributed by atoms with Gasteiger partial charge in [-0.1, -0.05) is 31.4 Å². The van der Waals surface area contributed by atoms with Gasteiger partial charge in [-0.3, -0.25) is 0 Å². The van der Waals surface area contributed by atoms with Crippen LogP contribution in [-0.4, -0.2) is 84.4 Å². The zero-order valence-corrected chi connectivity index (χ0v) is 33.7. The monoisotopic (exact) mass is 554 g/mol. The van der Waals surface area contributed by atoms with Crippen LogP contribution in [0.2, 0.25) is 6.04 Å². The first-order chi connectivity index (χ1) is 13.9. The average molecular weight is 555 g/mol. The summed E-state index contributed by atoms with van der Waals surface area (Å²) in [5, 5.41) is 0. The van der Waals surface area contributed by atoms with Crippen molar-refractivity contribution in [2.24, 2.45) is 0 Å². The van der Waals surface area contributed by atoms with E-state index in [1.807, 2.05) is 0 Å². The Balaban J connectivity index is 3.63. The molecule has 0 aliphatic carbocycles. The molecule has 0 bridgehead atoms. The third-order valence-corrected chi connectivity index (χ3v) is 155. The van der Waals surface area contributed by atoms with Gasteiger partial charge in [0.05, 0.1) is 25.4 Å². The van der Waals surface area contributed by atoms with Gasteiger partial charge >= 0.3 is 8.80 Å². The Labute approximate surface area is 200 Å². The van der Waals surface area contributed by atoms with Crippen molar-refractivity contribution in [1.82, 2.24) is 0 Å². The topological polar surface area (TPSA) is 36.9 Å². The van der Waals surface area contributed by atoms with Gasteiger partial charge < -0.3 is 18.0 Å². The van der Waals surface area contributed by atoms with Crippen molar-refractivity contribution < 1.29 is 18.0 Å². The molecule has 0 heterocycles. The lowest BCUT2D eigenvalue weighted by atomic mass is 10.0. The van der Waals surface area contributed by atoms with Crippen LogP contribution in [0, 0.1) is 51.4 Å². The van der Waals surface area contributed by atoms with Gasteiger partial charge in [0.1, 0.15) is 5.75 Å². The molecule has 30 heavy (non-hydrogen) atoms. The molecule has 0 N–H and O–H groups in total. The molecule has 0 aliphatic heterocycles. The molecule has 0 radical (unpaired) electrons. The summed E-state index contributed by atoms with van der Waals surface area (Å²) in [5.41, 5.74) is 3.77.